The summed E-state index contributed by atoms with van der Waals surface area (Å²) >= 11 is 0. The number of aliphatic hydroxyl groups excluding tert-OH is 1. The lowest BCUT2D eigenvalue weighted by atomic mass is 10.1. The summed E-state index contributed by atoms with van der Waals surface area (Å²) in [7, 11) is 0. The van der Waals surface area contributed by atoms with Crippen LogP contribution < -0.4 is 4.90 Å². The Kier molecular flexibility index (Phi) is 5.25. The first-order chi connectivity index (χ1) is 12.0. The molecule has 3 rings (SSSR count). The van der Waals surface area contributed by atoms with Crippen LogP contribution in [0.4, 0.5) is 11.5 Å². The van der Waals surface area contributed by atoms with E-state index in [2.05, 4.69) is 14.8 Å². The second kappa shape index (κ2) is 7.58. The van der Waals surface area contributed by atoms with Gasteiger partial charge in [0.05, 0.1) is 11.0 Å². The molecule has 7 heteroatoms. The summed E-state index contributed by atoms with van der Waals surface area (Å²) in [4.78, 5) is 18.8. The van der Waals surface area contributed by atoms with Gasteiger partial charge in [0.15, 0.2) is 0 Å². The van der Waals surface area contributed by atoms with E-state index in [1.807, 2.05) is 31.2 Å². The monoisotopic (exact) mass is 342 g/mol. The zero-order valence-electron chi connectivity index (χ0n) is 14.2. The van der Waals surface area contributed by atoms with E-state index in [0.29, 0.717) is 6.54 Å². The van der Waals surface area contributed by atoms with Crippen LogP contribution >= 0.6 is 0 Å². The molecule has 0 aliphatic carbocycles. The number of aryl methyl sites for hydroxylation is 1. The summed E-state index contributed by atoms with van der Waals surface area (Å²) in [5, 5.41) is 21.1. The van der Waals surface area contributed by atoms with E-state index in [1.54, 1.807) is 6.07 Å². The minimum atomic E-state index is -0.496. The highest BCUT2D eigenvalue weighted by Crippen LogP contribution is 2.19. The lowest BCUT2D eigenvalue weighted by Gasteiger charge is -2.36. The maximum Gasteiger partial charge on any atom is 0.287 e. The number of nitro groups is 1. The molecule has 0 bridgehead atoms. The first-order valence-corrected chi connectivity index (χ1v) is 8.35. The Morgan fingerprint density at radius 3 is 2.40 bits per heavy atom. The Labute approximate surface area is 146 Å². The summed E-state index contributed by atoms with van der Waals surface area (Å²) in [6.45, 7) is 5.84. The summed E-state index contributed by atoms with van der Waals surface area (Å²) in [5.74, 6) is 0.754. The normalized spacial score (nSPS) is 16.6. The molecule has 0 spiro atoms. The number of benzene rings is 1. The smallest absolute Gasteiger partial charge is 0.287 e. The molecular weight excluding hydrogens is 320 g/mol. The van der Waals surface area contributed by atoms with Crippen molar-refractivity contribution in [1.82, 2.24) is 9.88 Å². The van der Waals surface area contributed by atoms with Crippen molar-refractivity contribution in [2.75, 3.05) is 37.6 Å². The number of piperazine rings is 1. The molecule has 0 amide bonds. The maximum absolute atomic E-state index is 10.7. The standard InChI is InChI=1S/C18H22N4O3/c1-14-2-4-15(5-3-14)17(23)13-20-8-10-21(11-9-20)18-7-6-16(12-19-18)22(24)25/h2-7,12,17,23H,8-11,13H2,1H3. The molecule has 0 saturated carbocycles. The van der Waals surface area contributed by atoms with E-state index in [1.165, 1.54) is 17.8 Å². The fourth-order valence-electron chi connectivity index (χ4n) is 2.97. The van der Waals surface area contributed by atoms with Gasteiger partial charge in [-0.3, -0.25) is 15.0 Å². The molecule has 132 valence electrons. The van der Waals surface area contributed by atoms with Crippen molar-refractivity contribution < 1.29 is 10.0 Å². The fourth-order valence-corrected chi connectivity index (χ4v) is 2.97. The van der Waals surface area contributed by atoms with E-state index in [-0.39, 0.29) is 5.69 Å². The van der Waals surface area contributed by atoms with Crippen LogP contribution in [0.3, 0.4) is 0 Å². The zero-order valence-corrected chi connectivity index (χ0v) is 14.2. The molecule has 7 nitrogen and oxygen atoms in total. The third-order valence-corrected chi connectivity index (χ3v) is 4.53. The van der Waals surface area contributed by atoms with Gasteiger partial charge in [-0.1, -0.05) is 29.8 Å². The molecule has 1 aliphatic heterocycles. The minimum absolute atomic E-state index is 0.00334. The highest BCUT2D eigenvalue weighted by Gasteiger charge is 2.21. The third-order valence-electron chi connectivity index (χ3n) is 4.53. The summed E-state index contributed by atoms with van der Waals surface area (Å²) in [5.41, 5.74) is 2.12. The molecule has 2 heterocycles. The predicted octanol–water partition coefficient (Wildman–Crippen LogP) is 2.15. The van der Waals surface area contributed by atoms with Crippen molar-refractivity contribution in [1.29, 1.82) is 0 Å². The summed E-state index contributed by atoms with van der Waals surface area (Å²) in [6.07, 6.45) is 0.799. The van der Waals surface area contributed by atoms with E-state index < -0.39 is 11.0 Å². The highest BCUT2D eigenvalue weighted by atomic mass is 16.6. The van der Waals surface area contributed by atoms with Crippen LogP contribution in [0, 0.1) is 17.0 Å². The van der Waals surface area contributed by atoms with Gasteiger partial charge in [-0.05, 0) is 18.6 Å². The second-order valence-electron chi connectivity index (χ2n) is 6.35. The number of aliphatic hydroxyl groups is 1. The van der Waals surface area contributed by atoms with E-state index in [9.17, 15) is 15.2 Å². The van der Waals surface area contributed by atoms with Crippen molar-refractivity contribution in [2.45, 2.75) is 13.0 Å². The fraction of sp³-hybridized carbons (Fsp3) is 0.389. The number of hydrogen-bond donors (Lipinski definition) is 1. The van der Waals surface area contributed by atoms with Gasteiger partial charge in [0.25, 0.3) is 5.69 Å². The van der Waals surface area contributed by atoms with Gasteiger partial charge in [-0.15, -0.1) is 0 Å². The number of rotatable bonds is 5. The second-order valence-corrected chi connectivity index (χ2v) is 6.35. The zero-order chi connectivity index (χ0) is 17.8. The molecule has 2 aromatic rings. The Bertz CT molecular complexity index is 710. The number of pyridine rings is 1. The van der Waals surface area contributed by atoms with Crippen molar-refractivity contribution in [3.05, 3.63) is 63.8 Å². The maximum atomic E-state index is 10.7. The Hall–Kier alpha value is -2.51. The first-order valence-electron chi connectivity index (χ1n) is 8.35. The number of β-amino-alcohol motifs (C(OH)–C–C–N with tert-alkyl or cyclic N) is 1. The van der Waals surface area contributed by atoms with Crippen LogP contribution in [0.2, 0.25) is 0 Å². The van der Waals surface area contributed by atoms with Gasteiger partial charge < -0.3 is 10.0 Å². The van der Waals surface area contributed by atoms with Gasteiger partial charge in [-0.2, -0.15) is 0 Å². The van der Waals surface area contributed by atoms with Crippen LogP contribution in [0.25, 0.3) is 0 Å². The topological polar surface area (TPSA) is 82.7 Å². The molecule has 25 heavy (non-hydrogen) atoms. The molecule has 1 unspecified atom stereocenters. The number of nitrogens with zero attached hydrogens (tertiary/aromatic N) is 4. The van der Waals surface area contributed by atoms with Gasteiger partial charge >= 0.3 is 0 Å². The average molecular weight is 342 g/mol. The summed E-state index contributed by atoms with van der Waals surface area (Å²) in [6, 6.07) is 11.1. The lowest BCUT2D eigenvalue weighted by Crippen LogP contribution is -2.47. The Morgan fingerprint density at radius 2 is 1.84 bits per heavy atom. The van der Waals surface area contributed by atoms with Gasteiger partial charge in [0, 0.05) is 38.8 Å². The Morgan fingerprint density at radius 1 is 1.16 bits per heavy atom. The molecule has 1 aromatic heterocycles. The van der Waals surface area contributed by atoms with Crippen molar-refractivity contribution in [3.8, 4) is 0 Å². The molecule has 1 aliphatic rings. The minimum Gasteiger partial charge on any atom is -0.387 e. The quantitative estimate of drug-likeness (QED) is 0.662. The van der Waals surface area contributed by atoms with Crippen LogP contribution in [0.5, 0.6) is 0 Å². The van der Waals surface area contributed by atoms with Gasteiger partial charge in [0.1, 0.15) is 12.0 Å². The number of hydrogen-bond acceptors (Lipinski definition) is 6. The largest absolute Gasteiger partial charge is 0.387 e. The van der Waals surface area contributed by atoms with E-state index >= 15 is 0 Å². The molecule has 1 fully saturated rings. The van der Waals surface area contributed by atoms with Gasteiger partial charge in [-0.25, -0.2) is 4.98 Å². The SMILES string of the molecule is Cc1ccc(C(O)CN2CCN(c3ccc([N+](=O)[O-])cn3)CC2)cc1. The van der Waals surface area contributed by atoms with Crippen molar-refractivity contribution >= 4 is 11.5 Å². The highest BCUT2D eigenvalue weighted by molar-refractivity contribution is 5.43. The van der Waals surface area contributed by atoms with E-state index in [0.717, 1.165) is 37.6 Å². The molecule has 1 aromatic carbocycles. The van der Waals surface area contributed by atoms with Crippen LogP contribution in [-0.4, -0.2) is 52.6 Å². The average Bonchev–Trinajstić information content (AvgIpc) is 2.63. The van der Waals surface area contributed by atoms with Gasteiger partial charge in [0.2, 0.25) is 0 Å². The third kappa shape index (κ3) is 4.32. The van der Waals surface area contributed by atoms with Crippen LogP contribution in [-0.2, 0) is 0 Å². The van der Waals surface area contributed by atoms with Crippen LogP contribution in [0.15, 0.2) is 42.6 Å². The number of anilines is 1. The predicted molar refractivity (Wildman–Crippen MR) is 95.7 cm³/mol. The lowest BCUT2D eigenvalue weighted by molar-refractivity contribution is -0.385. The van der Waals surface area contributed by atoms with Crippen LogP contribution in [0.1, 0.15) is 17.2 Å². The van der Waals surface area contributed by atoms with Crippen molar-refractivity contribution in [2.24, 2.45) is 0 Å². The number of aromatic nitrogens is 1. The van der Waals surface area contributed by atoms with E-state index in [4.69, 9.17) is 0 Å². The molecule has 1 saturated heterocycles. The summed E-state index contributed by atoms with van der Waals surface area (Å²) < 4.78 is 0. The molecule has 0 radical (unpaired) electrons. The molecule has 1 N–H and O–H groups in total. The molecular formula is C18H22N4O3. The first kappa shape index (κ1) is 17.3. The molecule has 1 atom stereocenters. The van der Waals surface area contributed by atoms with Crippen molar-refractivity contribution in [3.63, 3.8) is 0 Å². The Balaban J connectivity index is 1.53.